The van der Waals surface area contributed by atoms with Gasteiger partial charge in [0.15, 0.2) is 0 Å². The minimum Gasteiger partial charge on any atom is -0.453 e. The van der Waals surface area contributed by atoms with Gasteiger partial charge in [-0.05, 0) is 12.5 Å². The summed E-state index contributed by atoms with van der Waals surface area (Å²) < 4.78 is 5.76. The van der Waals surface area contributed by atoms with Crippen LogP contribution in [0.2, 0.25) is 5.02 Å². The number of rotatable bonds is 1. The van der Waals surface area contributed by atoms with Crippen molar-refractivity contribution in [2.45, 2.75) is 6.42 Å². The Bertz CT molecular complexity index is 746. The lowest BCUT2D eigenvalue weighted by Gasteiger charge is -2.21. The fraction of sp³-hybridized carbons (Fsp3) is 0.375. The molecule has 0 atom stereocenters. The van der Waals surface area contributed by atoms with Crippen LogP contribution in [-0.4, -0.2) is 55.1 Å². The van der Waals surface area contributed by atoms with Crippen molar-refractivity contribution in [3.63, 3.8) is 0 Å². The van der Waals surface area contributed by atoms with Gasteiger partial charge in [0.25, 0.3) is 5.91 Å². The molecule has 0 spiro atoms. The van der Waals surface area contributed by atoms with E-state index in [1.165, 1.54) is 18.4 Å². The number of thiophene rings is 1. The van der Waals surface area contributed by atoms with Crippen molar-refractivity contribution in [1.82, 2.24) is 9.80 Å². The fourth-order valence-corrected chi connectivity index (χ4v) is 4.21. The predicted octanol–water partition coefficient (Wildman–Crippen LogP) is 3.47. The average molecular weight is 353 g/mol. The second kappa shape index (κ2) is 6.76. The van der Waals surface area contributed by atoms with Gasteiger partial charge in [0.05, 0.1) is 12.1 Å². The van der Waals surface area contributed by atoms with Crippen LogP contribution in [0, 0.1) is 0 Å². The van der Waals surface area contributed by atoms with Gasteiger partial charge in [0.2, 0.25) is 0 Å². The molecule has 1 saturated heterocycles. The van der Waals surface area contributed by atoms with Crippen molar-refractivity contribution < 1.29 is 14.3 Å². The quantitative estimate of drug-likeness (QED) is 0.789. The summed E-state index contributed by atoms with van der Waals surface area (Å²) in [4.78, 5) is 28.4. The molecule has 3 rings (SSSR count). The molecule has 2 heterocycles. The van der Waals surface area contributed by atoms with Crippen LogP contribution in [0.1, 0.15) is 16.1 Å². The number of hydrogen-bond donors (Lipinski definition) is 0. The van der Waals surface area contributed by atoms with Crippen LogP contribution in [-0.2, 0) is 4.74 Å². The van der Waals surface area contributed by atoms with E-state index in [1.807, 2.05) is 24.3 Å². The number of halogens is 1. The van der Waals surface area contributed by atoms with E-state index in [0.717, 1.165) is 16.5 Å². The first-order valence-electron chi connectivity index (χ1n) is 7.41. The highest BCUT2D eigenvalue weighted by atomic mass is 35.5. The van der Waals surface area contributed by atoms with Crippen molar-refractivity contribution in [3.8, 4) is 0 Å². The van der Waals surface area contributed by atoms with Gasteiger partial charge in [0, 0.05) is 36.3 Å². The van der Waals surface area contributed by atoms with E-state index in [9.17, 15) is 9.59 Å². The van der Waals surface area contributed by atoms with Crippen LogP contribution < -0.4 is 0 Å². The van der Waals surface area contributed by atoms with Gasteiger partial charge in [-0.15, -0.1) is 11.3 Å². The summed E-state index contributed by atoms with van der Waals surface area (Å²) in [5, 5.41) is 1.43. The molecule has 2 amide bonds. The largest absolute Gasteiger partial charge is 0.453 e. The van der Waals surface area contributed by atoms with Crippen LogP contribution >= 0.6 is 22.9 Å². The van der Waals surface area contributed by atoms with Crippen LogP contribution in [0.25, 0.3) is 10.1 Å². The number of carbonyl (C=O) groups is 2. The molecular weight excluding hydrogens is 336 g/mol. The Morgan fingerprint density at radius 2 is 1.83 bits per heavy atom. The van der Waals surface area contributed by atoms with Gasteiger partial charge in [-0.1, -0.05) is 29.8 Å². The summed E-state index contributed by atoms with van der Waals surface area (Å²) >= 11 is 7.81. The molecule has 1 aliphatic heterocycles. The van der Waals surface area contributed by atoms with Gasteiger partial charge < -0.3 is 14.5 Å². The third-order valence-electron chi connectivity index (χ3n) is 3.95. The molecule has 1 aromatic heterocycles. The predicted molar refractivity (Wildman–Crippen MR) is 91.3 cm³/mol. The topological polar surface area (TPSA) is 49.9 Å². The van der Waals surface area contributed by atoms with Crippen LogP contribution in [0.3, 0.4) is 0 Å². The molecule has 23 heavy (non-hydrogen) atoms. The highest BCUT2D eigenvalue weighted by molar-refractivity contribution is 7.21. The molecule has 0 bridgehead atoms. The summed E-state index contributed by atoms with van der Waals surface area (Å²) in [5.74, 6) is -0.0667. The SMILES string of the molecule is COC(=O)N1CCCN(C(=O)c2sc3ccccc3c2Cl)CC1. The molecule has 7 heteroatoms. The average Bonchev–Trinajstić information content (AvgIpc) is 2.76. The molecule has 2 aromatic rings. The molecule has 5 nitrogen and oxygen atoms in total. The second-order valence-electron chi connectivity index (χ2n) is 5.34. The number of amides is 2. The number of methoxy groups -OCH3 is 1. The first-order chi connectivity index (χ1) is 11.1. The molecule has 122 valence electrons. The highest BCUT2D eigenvalue weighted by Gasteiger charge is 2.26. The molecule has 0 aliphatic carbocycles. The van der Waals surface area contributed by atoms with E-state index < -0.39 is 0 Å². The molecule has 0 N–H and O–H groups in total. The number of fused-ring (bicyclic) bond motifs is 1. The Morgan fingerprint density at radius 3 is 2.57 bits per heavy atom. The smallest absolute Gasteiger partial charge is 0.409 e. The van der Waals surface area contributed by atoms with Gasteiger partial charge in [-0.3, -0.25) is 4.79 Å². The van der Waals surface area contributed by atoms with E-state index in [4.69, 9.17) is 16.3 Å². The molecule has 0 unspecified atom stereocenters. The first-order valence-corrected chi connectivity index (χ1v) is 8.60. The van der Waals surface area contributed by atoms with Gasteiger partial charge in [-0.2, -0.15) is 0 Å². The van der Waals surface area contributed by atoms with Crippen LogP contribution in [0.15, 0.2) is 24.3 Å². The van der Waals surface area contributed by atoms with Gasteiger partial charge in [-0.25, -0.2) is 4.79 Å². The third-order valence-corrected chi connectivity index (χ3v) is 5.61. The van der Waals surface area contributed by atoms with Gasteiger partial charge in [0.1, 0.15) is 4.88 Å². The Morgan fingerprint density at radius 1 is 1.13 bits per heavy atom. The standard InChI is InChI=1S/C16H17ClN2O3S/c1-22-16(21)19-8-4-7-18(9-10-19)15(20)14-13(17)11-5-2-3-6-12(11)23-14/h2-3,5-6H,4,7-10H2,1H3. The van der Waals surface area contributed by atoms with Crippen molar-refractivity contribution in [1.29, 1.82) is 0 Å². The molecule has 1 aromatic carbocycles. The number of carbonyl (C=O) groups excluding carboxylic acids is 2. The maximum absolute atomic E-state index is 12.8. The lowest BCUT2D eigenvalue weighted by atomic mass is 10.2. The molecule has 0 saturated carbocycles. The zero-order valence-corrected chi connectivity index (χ0v) is 14.3. The zero-order valence-electron chi connectivity index (χ0n) is 12.8. The van der Waals surface area contributed by atoms with E-state index in [-0.39, 0.29) is 12.0 Å². The molecule has 1 aliphatic rings. The lowest BCUT2D eigenvalue weighted by Crippen LogP contribution is -2.37. The third kappa shape index (κ3) is 3.14. The summed E-state index contributed by atoms with van der Waals surface area (Å²) in [7, 11) is 1.37. The van der Waals surface area contributed by atoms with Crippen molar-refractivity contribution in [3.05, 3.63) is 34.2 Å². The van der Waals surface area contributed by atoms with Gasteiger partial charge >= 0.3 is 6.09 Å². The second-order valence-corrected chi connectivity index (χ2v) is 6.77. The van der Waals surface area contributed by atoms with E-state index in [2.05, 4.69) is 0 Å². The molecule has 1 fully saturated rings. The van der Waals surface area contributed by atoms with Crippen molar-refractivity contribution in [2.24, 2.45) is 0 Å². The van der Waals surface area contributed by atoms with E-state index in [1.54, 1.807) is 9.80 Å². The fourth-order valence-electron chi connectivity index (χ4n) is 2.73. The zero-order chi connectivity index (χ0) is 16.4. The normalized spacial score (nSPS) is 15.6. The Kier molecular flexibility index (Phi) is 4.73. The minimum atomic E-state index is -0.348. The lowest BCUT2D eigenvalue weighted by molar-refractivity contribution is 0.0762. The Hall–Kier alpha value is -1.79. The van der Waals surface area contributed by atoms with Crippen LogP contribution in [0.5, 0.6) is 0 Å². The van der Waals surface area contributed by atoms with Crippen molar-refractivity contribution in [2.75, 3.05) is 33.3 Å². The summed E-state index contributed by atoms with van der Waals surface area (Å²) in [5.41, 5.74) is 0. The minimum absolute atomic E-state index is 0.0667. The number of nitrogens with zero attached hydrogens (tertiary/aromatic N) is 2. The van der Waals surface area contributed by atoms with E-state index >= 15 is 0 Å². The first kappa shape index (κ1) is 16.1. The summed E-state index contributed by atoms with van der Waals surface area (Å²) in [6.45, 7) is 2.16. The molecule has 0 radical (unpaired) electrons. The summed E-state index contributed by atoms with van der Waals surface area (Å²) in [6.07, 6.45) is 0.378. The Balaban J connectivity index is 1.79. The monoisotopic (exact) mass is 352 g/mol. The molecular formula is C16H17ClN2O3S. The van der Waals surface area contributed by atoms with Crippen molar-refractivity contribution >= 4 is 45.0 Å². The van der Waals surface area contributed by atoms with E-state index in [0.29, 0.717) is 36.1 Å². The maximum Gasteiger partial charge on any atom is 0.409 e. The number of benzene rings is 1. The number of hydrogen-bond acceptors (Lipinski definition) is 4. The Labute approximate surface area is 143 Å². The highest BCUT2D eigenvalue weighted by Crippen LogP contribution is 2.36. The van der Waals surface area contributed by atoms with Crippen LogP contribution in [0.4, 0.5) is 4.79 Å². The maximum atomic E-state index is 12.8. The number of ether oxygens (including phenoxy) is 1. The summed E-state index contributed by atoms with van der Waals surface area (Å²) in [6, 6.07) is 7.73.